The minimum Gasteiger partial charge on any atom is -0.398 e. The number of halogens is 1. The highest BCUT2D eigenvalue weighted by molar-refractivity contribution is 7.89. The molecule has 0 bridgehead atoms. The molecule has 0 radical (unpaired) electrons. The SMILES string of the molecule is Cc1cc(F)c(S(=O)(=O)NCC2CCCCC2O)cc1N. The number of sulfonamides is 1. The van der Waals surface area contributed by atoms with E-state index >= 15 is 0 Å². The third-order valence-corrected chi connectivity index (χ3v) is 5.45. The predicted octanol–water partition coefficient (Wildman–Crippen LogP) is 1.55. The summed E-state index contributed by atoms with van der Waals surface area (Å²) < 4.78 is 40.6. The summed E-state index contributed by atoms with van der Waals surface area (Å²) in [7, 11) is -3.97. The van der Waals surface area contributed by atoms with Crippen molar-refractivity contribution in [3.05, 3.63) is 23.5 Å². The Morgan fingerprint density at radius 2 is 2.05 bits per heavy atom. The van der Waals surface area contributed by atoms with Gasteiger partial charge in [-0.25, -0.2) is 17.5 Å². The maximum atomic E-state index is 13.8. The predicted molar refractivity (Wildman–Crippen MR) is 78.7 cm³/mol. The average Bonchev–Trinajstić information content (AvgIpc) is 2.42. The molecule has 0 spiro atoms. The molecule has 5 nitrogen and oxygen atoms in total. The first-order valence-corrected chi connectivity index (χ1v) is 8.53. The molecule has 1 aromatic carbocycles. The Morgan fingerprint density at radius 3 is 2.71 bits per heavy atom. The summed E-state index contributed by atoms with van der Waals surface area (Å²) in [5, 5.41) is 9.84. The van der Waals surface area contributed by atoms with Gasteiger partial charge in [0.15, 0.2) is 0 Å². The number of aliphatic hydroxyl groups excluding tert-OH is 1. The van der Waals surface area contributed by atoms with Crippen molar-refractivity contribution in [3.63, 3.8) is 0 Å². The van der Waals surface area contributed by atoms with Gasteiger partial charge in [0.1, 0.15) is 10.7 Å². The molecule has 1 fully saturated rings. The number of hydrogen-bond donors (Lipinski definition) is 3. The van der Waals surface area contributed by atoms with Gasteiger partial charge in [-0.3, -0.25) is 0 Å². The van der Waals surface area contributed by atoms with Crippen LogP contribution in [0.5, 0.6) is 0 Å². The maximum Gasteiger partial charge on any atom is 0.243 e. The smallest absolute Gasteiger partial charge is 0.243 e. The highest BCUT2D eigenvalue weighted by atomic mass is 32.2. The lowest BCUT2D eigenvalue weighted by molar-refractivity contribution is 0.0724. The Hall–Kier alpha value is -1.18. The van der Waals surface area contributed by atoms with Crippen molar-refractivity contribution in [2.45, 2.75) is 43.6 Å². The van der Waals surface area contributed by atoms with Gasteiger partial charge in [0.05, 0.1) is 6.10 Å². The molecule has 0 saturated heterocycles. The lowest BCUT2D eigenvalue weighted by atomic mass is 9.87. The topological polar surface area (TPSA) is 92.4 Å². The fourth-order valence-electron chi connectivity index (χ4n) is 2.60. The summed E-state index contributed by atoms with van der Waals surface area (Å²) >= 11 is 0. The van der Waals surface area contributed by atoms with Crippen LogP contribution in [0.25, 0.3) is 0 Å². The van der Waals surface area contributed by atoms with Gasteiger partial charge >= 0.3 is 0 Å². The van der Waals surface area contributed by atoms with Crippen molar-refractivity contribution in [1.82, 2.24) is 4.72 Å². The van der Waals surface area contributed by atoms with Crippen LogP contribution in [0, 0.1) is 18.7 Å². The van der Waals surface area contributed by atoms with E-state index in [2.05, 4.69) is 4.72 Å². The molecule has 0 aliphatic heterocycles. The fraction of sp³-hybridized carbons (Fsp3) is 0.571. The molecule has 2 atom stereocenters. The maximum absolute atomic E-state index is 13.8. The molecule has 1 aliphatic rings. The van der Waals surface area contributed by atoms with E-state index in [4.69, 9.17) is 5.73 Å². The van der Waals surface area contributed by atoms with Gasteiger partial charge in [0.2, 0.25) is 10.0 Å². The minimum absolute atomic E-state index is 0.108. The minimum atomic E-state index is -3.97. The van der Waals surface area contributed by atoms with Crippen molar-refractivity contribution < 1.29 is 17.9 Å². The van der Waals surface area contributed by atoms with Crippen molar-refractivity contribution in [2.75, 3.05) is 12.3 Å². The van der Waals surface area contributed by atoms with Crippen LogP contribution in [0.15, 0.2) is 17.0 Å². The Kier molecular flexibility index (Phi) is 4.85. The Balaban J connectivity index is 2.13. The Bertz CT molecular complexity index is 619. The van der Waals surface area contributed by atoms with Crippen molar-refractivity contribution in [3.8, 4) is 0 Å². The molecule has 0 amide bonds. The number of hydrogen-bond acceptors (Lipinski definition) is 4. The van der Waals surface area contributed by atoms with Crippen molar-refractivity contribution in [1.29, 1.82) is 0 Å². The second-order valence-corrected chi connectivity index (χ2v) is 7.34. The summed E-state index contributed by atoms with van der Waals surface area (Å²) in [4.78, 5) is -0.448. The van der Waals surface area contributed by atoms with E-state index in [1.807, 2.05) is 0 Å². The lowest BCUT2D eigenvalue weighted by Crippen LogP contribution is -2.37. The number of anilines is 1. The van der Waals surface area contributed by atoms with Gasteiger partial charge in [-0.2, -0.15) is 0 Å². The van der Waals surface area contributed by atoms with Gasteiger partial charge < -0.3 is 10.8 Å². The normalized spacial score (nSPS) is 23.2. The summed E-state index contributed by atoms with van der Waals surface area (Å²) in [6.07, 6.45) is 2.86. The molecule has 2 rings (SSSR count). The molecule has 1 aliphatic carbocycles. The van der Waals surface area contributed by atoms with E-state index in [0.717, 1.165) is 31.4 Å². The molecular formula is C14H21FN2O3S. The van der Waals surface area contributed by atoms with E-state index in [1.54, 1.807) is 6.92 Å². The quantitative estimate of drug-likeness (QED) is 0.735. The highest BCUT2D eigenvalue weighted by Gasteiger charge is 2.26. The summed E-state index contributed by atoms with van der Waals surface area (Å²) in [5.41, 5.74) is 6.37. The molecule has 0 aromatic heterocycles. The zero-order chi connectivity index (χ0) is 15.6. The van der Waals surface area contributed by atoms with Crippen LogP contribution in [0.2, 0.25) is 0 Å². The molecular weight excluding hydrogens is 295 g/mol. The number of nitrogens with two attached hydrogens (primary N) is 1. The standard InChI is InChI=1S/C14H21FN2O3S/c1-9-6-11(15)14(7-12(9)16)21(19,20)17-8-10-4-2-3-5-13(10)18/h6-7,10,13,17-18H,2-5,8,16H2,1H3. The van der Waals surface area contributed by atoms with Gasteiger partial charge in [-0.1, -0.05) is 12.8 Å². The third kappa shape index (κ3) is 3.72. The monoisotopic (exact) mass is 316 g/mol. The zero-order valence-electron chi connectivity index (χ0n) is 12.0. The average molecular weight is 316 g/mol. The van der Waals surface area contributed by atoms with E-state index in [-0.39, 0.29) is 18.2 Å². The van der Waals surface area contributed by atoms with Crippen LogP contribution in [-0.2, 0) is 10.0 Å². The first-order valence-electron chi connectivity index (χ1n) is 7.04. The first kappa shape index (κ1) is 16.2. The first-order chi connectivity index (χ1) is 9.81. The molecule has 118 valence electrons. The number of aliphatic hydroxyl groups is 1. The van der Waals surface area contributed by atoms with Crippen molar-refractivity contribution >= 4 is 15.7 Å². The van der Waals surface area contributed by atoms with Crippen LogP contribution in [-0.4, -0.2) is 26.2 Å². The highest BCUT2D eigenvalue weighted by Crippen LogP contribution is 2.25. The molecule has 0 heterocycles. The zero-order valence-corrected chi connectivity index (χ0v) is 12.8. The van der Waals surface area contributed by atoms with Crippen molar-refractivity contribution in [2.24, 2.45) is 5.92 Å². The van der Waals surface area contributed by atoms with Gasteiger partial charge in [0.25, 0.3) is 0 Å². The molecule has 21 heavy (non-hydrogen) atoms. The van der Waals surface area contributed by atoms with Crippen LogP contribution in [0.3, 0.4) is 0 Å². The number of rotatable bonds is 4. The van der Waals surface area contributed by atoms with Crippen LogP contribution >= 0.6 is 0 Å². The second kappa shape index (κ2) is 6.29. The number of nitrogen functional groups attached to an aromatic ring is 1. The van der Waals surface area contributed by atoms with Gasteiger partial charge in [0, 0.05) is 12.2 Å². The second-order valence-electron chi connectivity index (χ2n) is 5.60. The number of nitrogens with one attached hydrogen (secondary N) is 1. The largest absolute Gasteiger partial charge is 0.398 e. The summed E-state index contributed by atoms with van der Waals surface area (Å²) in [5.74, 6) is -0.947. The van der Waals surface area contributed by atoms with E-state index in [9.17, 15) is 17.9 Å². The summed E-state index contributed by atoms with van der Waals surface area (Å²) in [6, 6.07) is 2.24. The number of benzene rings is 1. The fourth-order valence-corrected chi connectivity index (χ4v) is 3.78. The molecule has 7 heteroatoms. The van der Waals surface area contributed by atoms with Crippen LogP contribution in [0.1, 0.15) is 31.2 Å². The van der Waals surface area contributed by atoms with Crippen LogP contribution < -0.4 is 10.5 Å². The molecule has 1 aromatic rings. The van der Waals surface area contributed by atoms with E-state index in [0.29, 0.717) is 12.0 Å². The van der Waals surface area contributed by atoms with E-state index < -0.39 is 26.8 Å². The third-order valence-electron chi connectivity index (χ3n) is 4.01. The lowest BCUT2D eigenvalue weighted by Gasteiger charge is -2.27. The Labute approximate surface area is 124 Å². The van der Waals surface area contributed by atoms with Crippen LogP contribution in [0.4, 0.5) is 10.1 Å². The molecule has 1 saturated carbocycles. The van der Waals surface area contributed by atoms with E-state index in [1.165, 1.54) is 0 Å². The molecule has 2 unspecified atom stereocenters. The van der Waals surface area contributed by atoms with Gasteiger partial charge in [-0.15, -0.1) is 0 Å². The summed E-state index contributed by atoms with van der Waals surface area (Å²) in [6.45, 7) is 1.72. The number of aryl methyl sites for hydroxylation is 1. The Morgan fingerprint density at radius 1 is 1.38 bits per heavy atom. The molecule has 4 N–H and O–H groups in total. The van der Waals surface area contributed by atoms with Gasteiger partial charge in [-0.05, 0) is 43.4 Å².